The molecule has 0 aliphatic carbocycles. The molecule has 1 heterocycles. The third-order valence-electron chi connectivity index (χ3n) is 3.37. The molecular formula is C17H11F3N4O2. The van der Waals surface area contributed by atoms with Gasteiger partial charge in [-0.1, -0.05) is 30.3 Å². The number of carbonyl (C=O) groups excluding carboxylic acids is 1. The minimum Gasteiger partial charge on any atom is -0.319 e. The number of hydrogen-bond acceptors (Lipinski definition) is 5. The Morgan fingerprint density at radius 3 is 2.38 bits per heavy atom. The minimum atomic E-state index is -5.21. The summed E-state index contributed by atoms with van der Waals surface area (Å²) in [5.74, 6) is -2.27. The van der Waals surface area contributed by atoms with Crippen LogP contribution in [0.1, 0.15) is 5.69 Å². The molecule has 0 saturated carbocycles. The fourth-order valence-electron chi connectivity index (χ4n) is 2.17. The number of halogens is 3. The summed E-state index contributed by atoms with van der Waals surface area (Å²) in [5.41, 5.74) is 0.467. The average Bonchev–Trinajstić information content (AvgIpc) is 2.62. The van der Waals surface area contributed by atoms with E-state index in [4.69, 9.17) is 0 Å². The first kappa shape index (κ1) is 17.3. The number of rotatable bonds is 4. The number of H-pyrrole nitrogens is 1. The van der Waals surface area contributed by atoms with Gasteiger partial charge in [-0.2, -0.15) is 18.3 Å². The lowest BCUT2D eigenvalue weighted by Crippen LogP contribution is -2.36. The van der Waals surface area contributed by atoms with Crippen molar-refractivity contribution in [2.24, 2.45) is 5.10 Å². The molecule has 2 N–H and O–H groups in total. The molecule has 0 aliphatic heterocycles. The SMILES string of the molecule is O=C(/C(=N\Nc1ccccc1)c1nc2ccccc2[nH]c1=O)C(F)(F)F. The highest BCUT2D eigenvalue weighted by Crippen LogP contribution is 2.19. The Balaban J connectivity index is 2.13. The van der Waals surface area contributed by atoms with Crippen molar-refractivity contribution in [3.63, 3.8) is 0 Å². The number of aromatic amines is 1. The third-order valence-corrected chi connectivity index (χ3v) is 3.37. The van der Waals surface area contributed by atoms with Gasteiger partial charge in [-0.05, 0) is 24.3 Å². The number of alkyl halides is 3. The molecule has 0 unspecified atom stereocenters. The first-order chi connectivity index (χ1) is 12.4. The van der Waals surface area contributed by atoms with Gasteiger partial charge in [-0.25, -0.2) is 4.98 Å². The van der Waals surface area contributed by atoms with Gasteiger partial charge in [0.1, 0.15) is 0 Å². The Bertz CT molecular complexity index is 1040. The zero-order valence-corrected chi connectivity index (χ0v) is 13.0. The van der Waals surface area contributed by atoms with Crippen molar-refractivity contribution in [3.05, 3.63) is 70.6 Å². The summed E-state index contributed by atoms with van der Waals surface area (Å²) in [6.07, 6.45) is -5.21. The van der Waals surface area contributed by atoms with Crippen LogP contribution in [0.15, 0.2) is 64.5 Å². The van der Waals surface area contributed by atoms with Crippen LogP contribution in [0.25, 0.3) is 11.0 Å². The van der Waals surface area contributed by atoms with Crippen molar-refractivity contribution >= 4 is 28.2 Å². The standard InChI is InChI=1S/C17H11F3N4O2/c18-17(19,20)15(25)13(24-23-10-6-2-1-3-7-10)14-16(26)22-12-9-5-4-8-11(12)21-14/h1-9,23H,(H,22,26)/b24-13-. The fourth-order valence-corrected chi connectivity index (χ4v) is 2.17. The molecule has 0 aliphatic rings. The lowest BCUT2D eigenvalue weighted by Gasteiger charge is -2.09. The van der Waals surface area contributed by atoms with Crippen molar-refractivity contribution in [2.45, 2.75) is 6.18 Å². The van der Waals surface area contributed by atoms with E-state index in [1.807, 2.05) is 0 Å². The molecule has 0 bridgehead atoms. The summed E-state index contributed by atoms with van der Waals surface area (Å²) in [7, 11) is 0. The maximum absolute atomic E-state index is 13.0. The van der Waals surface area contributed by atoms with Crippen LogP contribution in [0, 0.1) is 0 Å². The number of benzene rings is 2. The molecule has 26 heavy (non-hydrogen) atoms. The van der Waals surface area contributed by atoms with E-state index in [2.05, 4.69) is 20.5 Å². The summed E-state index contributed by atoms with van der Waals surface area (Å²) < 4.78 is 38.9. The first-order valence-corrected chi connectivity index (χ1v) is 7.36. The number of nitrogens with one attached hydrogen (secondary N) is 2. The largest absolute Gasteiger partial charge is 0.456 e. The van der Waals surface area contributed by atoms with Gasteiger partial charge in [-0.15, -0.1) is 0 Å². The van der Waals surface area contributed by atoms with Crippen LogP contribution < -0.4 is 11.0 Å². The average molecular weight is 360 g/mol. The number of para-hydroxylation sites is 3. The van der Waals surface area contributed by atoms with E-state index in [1.54, 1.807) is 30.3 Å². The maximum atomic E-state index is 13.0. The van der Waals surface area contributed by atoms with Crippen molar-refractivity contribution < 1.29 is 18.0 Å². The Hall–Kier alpha value is -3.49. The Kier molecular flexibility index (Phi) is 4.53. The minimum absolute atomic E-state index is 0.226. The molecule has 0 fully saturated rings. The molecular weight excluding hydrogens is 349 g/mol. The van der Waals surface area contributed by atoms with Crippen LogP contribution in [0.2, 0.25) is 0 Å². The number of ketones is 1. The van der Waals surface area contributed by atoms with Crippen molar-refractivity contribution in [3.8, 4) is 0 Å². The highest BCUT2D eigenvalue weighted by atomic mass is 19.4. The number of fused-ring (bicyclic) bond motifs is 1. The summed E-state index contributed by atoms with van der Waals surface area (Å²) >= 11 is 0. The zero-order chi connectivity index (χ0) is 18.7. The van der Waals surface area contributed by atoms with Crippen molar-refractivity contribution in [2.75, 3.05) is 5.43 Å². The zero-order valence-electron chi connectivity index (χ0n) is 13.0. The summed E-state index contributed by atoms with van der Waals surface area (Å²) in [6.45, 7) is 0. The highest BCUT2D eigenvalue weighted by molar-refractivity contribution is 6.47. The quantitative estimate of drug-likeness (QED) is 0.553. The monoisotopic (exact) mass is 360 g/mol. The van der Waals surface area contributed by atoms with Crippen molar-refractivity contribution in [1.29, 1.82) is 0 Å². The van der Waals surface area contributed by atoms with Gasteiger partial charge in [0.25, 0.3) is 11.3 Å². The molecule has 0 amide bonds. The van der Waals surface area contributed by atoms with E-state index in [0.717, 1.165) is 0 Å². The number of hydrazone groups is 1. The molecule has 132 valence electrons. The predicted octanol–water partition coefficient (Wildman–Crippen LogP) is 2.87. The number of anilines is 1. The van der Waals surface area contributed by atoms with Gasteiger partial charge in [0.15, 0.2) is 11.4 Å². The maximum Gasteiger partial charge on any atom is 0.456 e. The van der Waals surface area contributed by atoms with Gasteiger partial charge in [0.05, 0.1) is 16.7 Å². The molecule has 1 aromatic heterocycles. The number of carbonyl (C=O) groups is 1. The second-order valence-electron chi connectivity index (χ2n) is 5.20. The Morgan fingerprint density at radius 2 is 1.69 bits per heavy atom. The lowest BCUT2D eigenvalue weighted by molar-refractivity contribution is -0.163. The molecule has 3 aromatic rings. The molecule has 0 spiro atoms. The molecule has 0 radical (unpaired) electrons. The fraction of sp³-hybridized carbons (Fsp3) is 0.0588. The molecule has 9 heteroatoms. The van der Waals surface area contributed by atoms with Crippen LogP contribution in [0.4, 0.5) is 18.9 Å². The van der Waals surface area contributed by atoms with Crippen LogP contribution in [0.5, 0.6) is 0 Å². The van der Waals surface area contributed by atoms with Crippen LogP contribution >= 0.6 is 0 Å². The molecule has 3 rings (SSSR count). The third kappa shape index (κ3) is 3.61. The number of Topliss-reactive ketones (excluding diaryl/α,β-unsaturated/α-hetero) is 1. The van der Waals surface area contributed by atoms with Gasteiger partial charge in [-0.3, -0.25) is 15.0 Å². The van der Waals surface area contributed by atoms with Crippen LogP contribution in [-0.4, -0.2) is 27.6 Å². The molecule has 2 aromatic carbocycles. The van der Waals surface area contributed by atoms with Gasteiger partial charge >= 0.3 is 6.18 Å². The van der Waals surface area contributed by atoms with Gasteiger partial charge in [0.2, 0.25) is 0 Å². The second-order valence-corrected chi connectivity index (χ2v) is 5.20. The number of hydrogen-bond donors (Lipinski definition) is 2. The first-order valence-electron chi connectivity index (χ1n) is 7.36. The smallest absolute Gasteiger partial charge is 0.319 e. The van der Waals surface area contributed by atoms with Gasteiger partial charge < -0.3 is 4.98 Å². The second kappa shape index (κ2) is 6.79. The van der Waals surface area contributed by atoms with E-state index in [9.17, 15) is 22.8 Å². The van der Waals surface area contributed by atoms with Crippen LogP contribution in [-0.2, 0) is 4.79 Å². The van der Waals surface area contributed by atoms with E-state index >= 15 is 0 Å². The van der Waals surface area contributed by atoms with Crippen LogP contribution in [0.3, 0.4) is 0 Å². The normalized spacial score (nSPS) is 12.2. The molecule has 6 nitrogen and oxygen atoms in total. The summed E-state index contributed by atoms with van der Waals surface area (Å²) in [5, 5.41) is 3.51. The number of nitrogens with zero attached hydrogens (tertiary/aromatic N) is 2. The van der Waals surface area contributed by atoms with E-state index in [0.29, 0.717) is 11.2 Å². The lowest BCUT2D eigenvalue weighted by atomic mass is 10.1. The van der Waals surface area contributed by atoms with Crippen molar-refractivity contribution in [1.82, 2.24) is 9.97 Å². The Labute approximate surface area is 144 Å². The Morgan fingerprint density at radius 1 is 1.04 bits per heavy atom. The topological polar surface area (TPSA) is 87.2 Å². The summed E-state index contributed by atoms with van der Waals surface area (Å²) in [6, 6.07) is 14.3. The predicted molar refractivity (Wildman–Crippen MR) is 90.0 cm³/mol. The molecule has 0 atom stereocenters. The van der Waals surface area contributed by atoms with E-state index < -0.39 is 28.9 Å². The van der Waals surface area contributed by atoms with Gasteiger partial charge in [0, 0.05) is 0 Å². The number of aromatic nitrogens is 2. The molecule has 0 saturated heterocycles. The van der Waals surface area contributed by atoms with E-state index in [1.165, 1.54) is 24.3 Å². The van der Waals surface area contributed by atoms with E-state index in [-0.39, 0.29) is 5.52 Å². The summed E-state index contributed by atoms with van der Waals surface area (Å²) in [4.78, 5) is 30.2. The highest BCUT2D eigenvalue weighted by Gasteiger charge is 2.43.